The molecule has 5 heteroatoms. The lowest BCUT2D eigenvalue weighted by Gasteiger charge is -2.19. The number of rotatable bonds is 5. The van der Waals surface area contributed by atoms with E-state index in [1.807, 2.05) is 0 Å². The first kappa shape index (κ1) is 11.5. The maximum Gasteiger partial charge on any atom is 0.226 e. The Kier molecular flexibility index (Phi) is 4.30. The number of hydrogen-bond acceptors (Lipinski definition) is 5. The topological polar surface area (TPSA) is 60.2 Å². The highest BCUT2D eigenvalue weighted by molar-refractivity contribution is 4.95. The van der Waals surface area contributed by atoms with Crippen LogP contribution in [0.25, 0.3) is 0 Å². The second-order valence-corrected chi connectivity index (χ2v) is 4.15. The van der Waals surface area contributed by atoms with E-state index in [9.17, 15) is 0 Å². The Bertz CT molecular complexity index is 308. The van der Waals surface area contributed by atoms with E-state index in [0.717, 1.165) is 44.1 Å². The fourth-order valence-electron chi connectivity index (χ4n) is 1.95. The van der Waals surface area contributed by atoms with Crippen molar-refractivity contribution in [2.24, 2.45) is 0 Å². The van der Waals surface area contributed by atoms with Crippen molar-refractivity contribution in [3.8, 4) is 0 Å². The van der Waals surface area contributed by atoms with Crippen molar-refractivity contribution in [2.45, 2.75) is 38.1 Å². The van der Waals surface area contributed by atoms with E-state index in [4.69, 9.17) is 9.26 Å². The van der Waals surface area contributed by atoms with Crippen molar-refractivity contribution in [2.75, 3.05) is 20.3 Å². The fraction of sp³-hybridized carbons (Fsp3) is 0.818. The average Bonchev–Trinajstić information content (AvgIpc) is 2.79. The molecule has 1 unspecified atom stereocenters. The molecule has 5 nitrogen and oxygen atoms in total. The molecule has 16 heavy (non-hydrogen) atoms. The van der Waals surface area contributed by atoms with Gasteiger partial charge in [-0.25, -0.2) is 0 Å². The lowest BCUT2D eigenvalue weighted by molar-refractivity contribution is 0.192. The zero-order valence-corrected chi connectivity index (χ0v) is 9.74. The fourth-order valence-corrected chi connectivity index (χ4v) is 1.95. The van der Waals surface area contributed by atoms with E-state index in [-0.39, 0.29) is 6.04 Å². The number of piperidine rings is 1. The summed E-state index contributed by atoms with van der Waals surface area (Å²) in [7, 11) is 1.70. The second kappa shape index (κ2) is 5.96. The highest BCUT2D eigenvalue weighted by Gasteiger charge is 2.19. The van der Waals surface area contributed by atoms with E-state index >= 15 is 0 Å². The SMILES string of the molecule is COCCCc1nc(C2CCCCN2)no1. The van der Waals surface area contributed by atoms with Crippen LogP contribution in [0.3, 0.4) is 0 Å². The van der Waals surface area contributed by atoms with Gasteiger partial charge in [0.05, 0.1) is 6.04 Å². The summed E-state index contributed by atoms with van der Waals surface area (Å²) >= 11 is 0. The molecule has 90 valence electrons. The van der Waals surface area contributed by atoms with Gasteiger partial charge in [-0.3, -0.25) is 0 Å². The minimum absolute atomic E-state index is 0.286. The van der Waals surface area contributed by atoms with E-state index in [1.165, 1.54) is 12.8 Å². The number of nitrogens with one attached hydrogen (secondary N) is 1. The molecule has 2 heterocycles. The summed E-state index contributed by atoms with van der Waals surface area (Å²) in [5.74, 6) is 1.53. The Morgan fingerprint density at radius 3 is 3.19 bits per heavy atom. The van der Waals surface area contributed by atoms with Gasteiger partial charge < -0.3 is 14.6 Å². The summed E-state index contributed by atoms with van der Waals surface area (Å²) in [6.07, 6.45) is 5.32. The summed E-state index contributed by atoms with van der Waals surface area (Å²) in [6.45, 7) is 1.79. The van der Waals surface area contributed by atoms with Crippen LogP contribution in [-0.2, 0) is 11.2 Å². The van der Waals surface area contributed by atoms with Crippen LogP contribution < -0.4 is 5.32 Å². The number of aromatic nitrogens is 2. The van der Waals surface area contributed by atoms with E-state index in [1.54, 1.807) is 7.11 Å². The van der Waals surface area contributed by atoms with Gasteiger partial charge in [-0.05, 0) is 25.8 Å². The maximum atomic E-state index is 5.21. The molecule has 1 aliphatic heterocycles. The van der Waals surface area contributed by atoms with Crippen LogP contribution in [0.2, 0.25) is 0 Å². The van der Waals surface area contributed by atoms with Gasteiger partial charge in [-0.2, -0.15) is 4.98 Å². The van der Waals surface area contributed by atoms with E-state index < -0.39 is 0 Å². The minimum atomic E-state index is 0.286. The first-order chi connectivity index (χ1) is 7.90. The van der Waals surface area contributed by atoms with Crippen LogP contribution in [0, 0.1) is 0 Å². The van der Waals surface area contributed by atoms with Gasteiger partial charge in [-0.15, -0.1) is 0 Å². The molecule has 1 aromatic rings. The van der Waals surface area contributed by atoms with Crippen molar-refractivity contribution >= 4 is 0 Å². The van der Waals surface area contributed by atoms with Crippen molar-refractivity contribution in [1.82, 2.24) is 15.5 Å². The molecule has 2 rings (SSSR count). The first-order valence-electron chi connectivity index (χ1n) is 5.95. The molecule has 0 aliphatic carbocycles. The Morgan fingerprint density at radius 1 is 1.50 bits per heavy atom. The van der Waals surface area contributed by atoms with Crippen LogP contribution in [0.1, 0.15) is 43.4 Å². The first-order valence-corrected chi connectivity index (χ1v) is 5.95. The molecule has 1 atom stereocenters. The van der Waals surface area contributed by atoms with Crippen LogP contribution in [0.4, 0.5) is 0 Å². The summed E-state index contributed by atoms with van der Waals surface area (Å²) in [5.41, 5.74) is 0. The van der Waals surface area contributed by atoms with Gasteiger partial charge in [-0.1, -0.05) is 11.6 Å². The van der Waals surface area contributed by atoms with Crippen molar-refractivity contribution in [3.63, 3.8) is 0 Å². The number of hydrogen-bond donors (Lipinski definition) is 1. The van der Waals surface area contributed by atoms with Crippen LogP contribution >= 0.6 is 0 Å². The normalized spacial score (nSPS) is 21.2. The largest absolute Gasteiger partial charge is 0.385 e. The molecule has 0 amide bonds. The highest BCUT2D eigenvalue weighted by Crippen LogP contribution is 2.20. The summed E-state index contributed by atoms with van der Waals surface area (Å²) in [5, 5.41) is 7.44. The molecule has 0 saturated carbocycles. The van der Waals surface area contributed by atoms with Gasteiger partial charge in [0.15, 0.2) is 5.82 Å². The quantitative estimate of drug-likeness (QED) is 0.769. The summed E-state index contributed by atoms with van der Waals surface area (Å²) in [6, 6.07) is 0.286. The molecule has 1 saturated heterocycles. The maximum absolute atomic E-state index is 5.21. The average molecular weight is 225 g/mol. The molecule has 1 fully saturated rings. The molecule has 1 aliphatic rings. The predicted molar refractivity (Wildman–Crippen MR) is 59.1 cm³/mol. The van der Waals surface area contributed by atoms with E-state index in [0.29, 0.717) is 0 Å². The van der Waals surface area contributed by atoms with Gasteiger partial charge in [0.25, 0.3) is 0 Å². The Balaban J connectivity index is 1.85. The van der Waals surface area contributed by atoms with Crippen molar-refractivity contribution < 1.29 is 9.26 Å². The predicted octanol–water partition coefficient (Wildman–Crippen LogP) is 1.46. The lowest BCUT2D eigenvalue weighted by atomic mass is 10.0. The molecular weight excluding hydrogens is 206 g/mol. The number of aryl methyl sites for hydroxylation is 1. The smallest absolute Gasteiger partial charge is 0.226 e. The van der Waals surface area contributed by atoms with Gasteiger partial charge in [0.1, 0.15) is 0 Å². The second-order valence-electron chi connectivity index (χ2n) is 4.15. The zero-order valence-electron chi connectivity index (χ0n) is 9.74. The molecule has 0 aromatic carbocycles. The van der Waals surface area contributed by atoms with Crippen LogP contribution in [0.15, 0.2) is 4.52 Å². The zero-order chi connectivity index (χ0) is 11.2. The molecule has 0 radical (unpaired) electrons. The standard InChI is InChI=1S/C11H19N3O2/c1-15-8-4-6-10-13-11(14-16-10)9-5-2-3-7-12-9/h9,12H,2-8H2,1H3. The van der Waals surface area contributed by atoms with E-state index in [2.05, 4.69) is 15.5 Å². The number of ether oxygens (including phenoxy) is 1. The van der Waals surface area contributed by atoms with Crippen molar-refractivity contribution in [1.29, 1.82) is 0 Å². The highest BCUT2D eigenvalue weighted by atomic mass is 16.5. The molecule has 0 bridgehead atoms. The third-order valence-corrected chi connectivity index (χ3v) is 2.84. The third kappa shape index (κ3) is 3.02. The Labute approximate surface area is 95.6 Å². The summed E-state index contributed by atoms with van der Waals surface area (Å²) < 4.78 is 10.2. The van der Waals surface area contributed by atoms with Crippen LogP contribution in [-0.4, -0.2) is 30.4 Å². The Hall–Kier alpha value is -0.940. The number of methoxy groups -OCH3 is 1. The lowest BCUT2D eigenvalue weighted by Crippen LogP contribution is -2.27. The third-order valence-electron chi connectivity index (χ3n) is 2.84. The van der Waals surface area contributed by atoms with Crippen molar-refractivity contribution in [3.05, 3.63) is 11.7 Å². The van der Waals surface area contributed by atoms with Gasteiger partial charge >= 0.3 is 0 Å². The molecule has 0 spiro atoms. The van der Waals surface area contributed by atoms with Gasteiger partial charge in [0, 0.05) is 20.1 Å². The molecular formula is C11H19N3O2. The minimum Gasteiger partial charge on any atom is -0.385 e. The summed E-state index contributed by atoms with van der Waals surface area (Å²) in [4.78, 5) is 4.41. The van der Waals surface area contributed by atoms with Crippen LogP contribution in [0.5, 0.6) is 0 Å². The Morgan fingerprint density at radius 2 is 2.44 bits per heavy atom. The molecule has 1 N–H and O–H groups in total. The monoisotopic (exact) mass is 225 g/mol. The number of nitrogens with zero attached hydrogens (tertiary/aromatic N) is 2. The molecule has 1 aromatic heterocycles. The van der Waals surface area contributed by atoms with Gasteiger partial charge in [0.2, 0.25) is 5.89 Å².